The molecule has 0 atom stereocenters. The van der Waals surface area contributed by atoms with E-state index in [4.69, 9.17) is 27.6 Å². The van der Waals surface area contributed by atoms with E-state index in [1.165, 1.54) is 6.20 Å². The molecule has 5 heteroatoms. The van der Waals surface area contributed by atoms with Crippen LogP contribution < -0.4 is 0 Å². The fraction of sp³-hybridized carbons (Fsp3) is 0. The first-order chi connectivity index (χ1) is 8.24. The van der Waals surface area contributed by atoms with Crippen LogP contribution in [0.15, 0.2) is 40.9 Å². The highest BCUT2D eigenvalue weighted by Crippen LogP contribution is 2.29. The first-order valence-electron chi connectivity index (χ1n) is 4.91. The molecular formula is C12H6Cl2N2O. The van der Waals surface area contributed by atoms with E-state index in [1.807, 2.05) is 18.2 Å². The van der Waals surface area contributed by atoms with Gasteiger partial charge in [0.1, 0.15) is 5.52 Å². The molecule has 0 radical (unpaired) electrons. The summed E-state index contributed by atoms with van der Waals surface area (Å²) in [5.74, 6) is 0.445. The minimum absolute atomic E-state index is 0.445. The Morgan fingerprint density at radius 1 is 1.12 bits per heavy atom. The van der Waals surface area contributed by atoms with Crippen molar-refractivity contribution < 1.29 is 4.42 Å². The molecule has 0 aliphatic heterocycles. The van der Waals surface area contributed by atoms with E-state index in [1.54, 1.807) is 12.1 Å². The summed E-state index contributed by atoms with van der Waals surface area (Å²) in [6.45, 7) is 0. The van der Waals surface area contributed by atoms with Crippen LogP contribution in [-0.4, -0.2) is 9.97 Å². The maximum Gasteiger partial charge on any atom is 0.247 e. The van der Waals surface area contributed by atoms with E-state index in [0.29, 0.717) is 27.2 Å². The molecule has 2 heterocycles. The highest BCUT2D eigenvalue weighted by molar-refractivity contribution is 6.33. The largest absolute Gasteiger partial charge is 0.418 e. The second kappa shape index (κ2) is 4.02. The van der Waals surface area contributed by atoms with Crippen molar-refractivity contribution in [1.82, 2.24) is 9.97 Å². The molecule has 0 bridgehead atoms. The Balaban J connectivity index is 2.22. The SMILES string of the molecule is Clc1cnc2oc(-c3ccccc3Cl)nc2c1. The second-order valence-electron chi connectivity index (χ2n) is 3.48. The molecule has 0 N–H and O–H groups in total. The smallest absolute Gasteiger partial charge is 0.247 e. The lowest BCUT2D eigenvalue weighted by Crippen LogP contribution is -1.77. The number of rotatable bonds is 1. The number of pyridine rings is 1. The molecule has 0 aliphatic carbocycles. The Morgan fingerprint density at radius 3 is 2.76 bits per heavy atom. The van der Waals surface area contributed by atoms with Crippen LogP contribution in [0, 0.1) is 0 Å². The average Bonchev–Trinajstić information content (AvgIpc) is 2.72. The first-order valence-corrected chi connectivity index (χ1v) is 5.66. The molecule has 0 amide bonds. The highest BCUT2D eigenvalue weighted by atomic mass is 35.5. The van der Waals surface area contributed by atoms with Gasteiger partial charge in [-0.05, 0) is 18.2 Å². The second-order valence-corrected chi connectivity index (χ2v) is 4.32. The van der Waals surface area contributed by atoms with Crippen LogP contribution in [0.1, 0.15) is 0 Å². The van der Waals surface area contributed by atoms with Crippen molar-refractivity contribution >= 4 is 34.4 Å². The van der Waals surface area contributed by atoms with Gasteiger partial charge in [0.15, 0.2) is 0 Å². The molecule has 2 aromatic heterocycles. The number of hydrogen-bond acceptors (Lipinski definition) is 3. The number of hydrogen-bond donors (Lipinski definition) is 0. The third-order valence-corrected chi connectivity index (χ3v) is 2.85. The Kier molecular flexibility index (Phi) is 2.50. The lowest BCUT2D eigenvalue weighted by Gasteiger charge is -1.96. The molecule has 0 saturated carbocycles. The normalized spacial score (nSPS) is 10.9. The molecule has 0 spiro atoms. The molecule has 0 aliphatic rings. The minimum Gasteiger partial charge on any atom is -0.418 e. The summed E-state index contributed by atoms with van der Waals surface area (Å²) >= 11 is 11.9. The Morgan fingerprint density at radius 2 is 1.94 bits per heavy atom. The Labute approximate surface area is 107 Å². The molecule has 1 aromatic carbocycles. The van der Waals surface area contributed by atoms with Crippen molar-refractivity contribution in [2.45, 2.75) is 0 Å². The van der Waals surface area contributed by atoms with Crippen LogP contribution in [-0.2, 0) is 0 Å². The average molecular weight is 265 g/mol. The van der Waals surface area contributed by atoms with Crippen LogP contribution in [0.5, 0.6) is 0 Å². The summed E-state index contributed by atoms with van der Waals surface area (Å²) in [6, 6.07) is 9.05. The van der Waals surface area contributed by atoms with Gasteiger partial charge in [0.25, 0.3) is 0 Å². The molecule has 0 unspecified atom stereocenters. The van der Waals surface area contributed by atoms with E-state index >= 15 is 0 Å². The molecule has 3 aromatic rings. The zero-order chi connectivity index (χ0) is 11.8. The molecule has 84 valence electrons. The van der Waals surface area contributed by atoms with Gasteiger partial charge in [-0.1, -0.05) is 35.3 Å². The highest BCUT2D eigenvalue weighted by Gasteiger charge is 2.11. The topological polar surface area (TPSA) is 38.9 Å². The van der Waals surface area contributed by atoms with Gasteiger partial charge in [0, 0.05) is 6.20 Å². The third-order valence-electron chi connectivity index (χ3n) is 2.32. The summed E-state index contributed by atoms with van der Waals surface area (Å²) in [7, 11) is 0. The van der Waals surface area contributed by atoms with E-state index in [-0.39, 0.29) is 0 Å². The summed E-state index contributed by atoms with van der Waals surface area (Å²) in [4.78, 5) is 8.36. The fourth-order valence-corrected chi connectivity index (χ4v) is 1.92. The number of aromatic nitrogens is 2. The summed E-state index contributed by atoms with van der Waals surface area (Å²) in [5.41, 5.74) is 1.81. The predicted molar refractivity (Wildman–Crippen MR) is 67.3 cm³/mol. The van der Waals surface area contributed by atoms with Gasteiger partial charge in [0.05, 0.1) is 15.6 Å². The lowest BCUT2D eigenvalue weighted by molar-refractivity contribution is 0.608. The number of nitrogens with zero attached hydrogens (tertiary/aromatic N) is 2. The van der Waals surface area contributed by atoms with Gasteiger partial charge in [-0.15, -0.1) is 0 Å². The summed E-state index contributed by atoms with van der Waals surface area (Å²) in [6.07, 6.45) is 1.52. The van der Waals surface area contributed by atoms with Crippen molar-refractivity contribution in [2.24, 2.45) is 0 Å². The van der Waals surface area contributed by atoms with Crippen molar-refractivity contribution in [2.75, 3.05) is 0 Å². The van der Waals surface area contributed by atoms with Gasteiger partial charge in [-0.25, -0.2) is 9.97 Å². The third kappa shape index (κ3) is 1.88. The van der Waals surface area contributed by atoms with Gasteiger partial charge in [0.2, 0.25) is 11.6 Å². The van der Waals surface area contributed by atoms with Crippen molar-refractivity contribution in [3.63, 3.8) is 0 Å². The Bertz CT molecular complexity index is 694. The van der Waals surface area contributed by atoms with Crippen LogP contribution in [0.4, 0.5) is 0 Å². The van der Waals surface area contributed by atoms with Gasteiger partial charge in [-0.2, -0.15) is 0 Å². The zero-order valence-electron chi connectivity index (χ0n) is 8.52. The van der Waals surface area contributed by atoms with Gasteiger partial charge >= 0.3 is 0 Å². The van der Waals surface area contributed by atoms with E-state index < -0.39 is 0 Å². The number of fused-ring (bicyclic) bond motifs is 1. The van der Waals surface area contributed by atoms with Crippen molar-refractivity contribution in [3.05, 3.63) is 46.6 Å². The van der Waals surface area contributed by atoms with Crippen LogP contribution in [0.3, 0.4) is 0 Å². The molecular weight excluding hydrogens is 259 g/mol. The van der Waals surface area contributed by atoms with Crippen molar-refractivity contribution in [1.29, 1.82) is 0 Å². The van der Waals surface area contributed by atoms with E-state index in [9.17, 15) is 0 Å². The predicted octanol–water partition coefficient (Wildman–Crippen LogP) is 4.20. The van der Waals surface area contributed by atoms with Gasteiger partial charge in [-0.3, -0.25) is 0 Å². The lowest BCUT2D eigenvalue weighted by atomic mass is 10.2. The molecule has 0 fully saturated rings. The maximum absolute atomic E-state index is 6.07. The fourth-order valence-electron chi connectivity index (χ4n) is 1.55. The van der Waals surface area contributed by atoms with E-state index in [0.717, 1.165) is 5.56 Å². The number of oxazole rings is 1. The quantitative estimate of drug-likeness (QED) is 0.662. The maximum atomic E-state index is 6.07. The van der Waals surface area contributed by atoms with E-state index in [2.05, 4.69) is 9.97 Å². The van der Waals surface area contributed by atoms with Crippen LogP contribution >= 0.6 is 23.2 Å². The molecule has 17 heavy (non-hydrogen) atoms. The number of benzene rings is 1. The summed E-state index contributed by atoms with van der Waals surface area (Å²) in [5, 5.41) is 1.11. The standard InChI is InChI=1S/C12H6Cl2N2O/c13-7-5-10-12(15-6-7)17-11(16-10)8-3-1-2-4-9(8)14/h1-6H. The summed E-state index contributed by atoms with van der Waals surface area (Å²) < 4.78 is 5.52. The minimum atomic E-state index is 0.445. The first kappa shape index (κ1) is 10.6. The van der Waals surface area contributed by atoms with Crippen LogP contribution in [0.2, 0.25) is 10.0 Å². The number of halogens is 2. The molecule has 3 rings (SSSR count). The van der Waals surface area contributed by atoms with Crippen LogP contribution in [0.25, 0.3) is 22.7 Å². The Hall–Kier alpha value is -1.58. The zero-order valence-corrected chi connectivity index (χ0v) is 10.0. The van der Waals surface area contributed by atoms with Gasteiger partial charge < -0.3 is 4.42 Å². The monoisotopic (exact) mass is 264 g/mol. The molecule has 3 nitrogen and oxygen atoms in total. The molecule has 0 saturated heterocycles. The van der Waals surface area contributed by atoms with Crippen molar-refractivity contribution in [3.8, 4) is 11.5 Å².